The molecule has 64 valence electrons. The second kappa shape index (κ2) is 3.17. The summed E-state index contributed by atoms with van der Waals surface area (Å²) < 4.78 is 0. The molecule has 1 heterocycles. The van der Waals surface area contributed by atoms with E-state index < -0.39 is 6.10 Å². The molecule has 0 aliphatic carbocycles. The van der Waals surface area contributed by atoms with E-state index in [4.69, 9.17) is 16.6 Å². The fraction of sp³-hybridized carbons (Fsp3) is 0.833. The maximum atomic E-state index is 10.4. The van der Waals surface area contributed by atoms with Gasteiger partial charge >= 0.3 is 0 Å². The summed E-state index contributed by atoms with van der Waals surface area (Å²) in [6, 6.07) is -0.241. The van der Waals surface area contributed by atoms with E-state index in [2.05, 4.69) is 0 Å². The van der Waals surface area contributed by atoms with Gasteiger partial charge in [-0.1, -0.05) is 0 Å². The first kappa shape index (κ1) is 8.45. The fourth-order valence-electron chi connectivity index (χ4n) is 1.24. The van der Waals surface area contributed by atoms with Gasteiger partial charge < -0.3 is 16.6 Å². The molecule has 1 amide bonds. The minimum absolute atomic E-state index is 0.185. The highest BCUT2D eigenvalue weighted by atomic mass is 16.3. The Kier molecular flexibility index (Phi) is 2.43. The third-order valence-electron chi connectivity index (χ3n) is 1.79. The minimum Gasteiger partial charge on any atom is -0.390 e. The molecule has 11 heavy (non-hydrogen) atoms. The number of primary amides is 1. The van der Waals surface area contributed by atoms with Crippen LogP contribution in [-0.2, 0) is 4.79 Å². The van der Waals surface area contributed by atoms with E-state index in [-0.39, 0.29) is 18.5 Å². The first-order valence-corrected chi connectivity index (χ1v) is 3.54. The highest BCUT2D eigenvalue weighted by molar-refractivity contribution is 5.75. The van der Waals surface area contributed by atoms with Gasteiger partial charge in [0.25, 0.3) is 0 Å². The number of amides is 1. The zero-order chi connectivity index (χ0) is 8.43. The van der Waals surface area contributed by atoms with Gasteiger partial charge in [-0.25, -0.2) is 0 Å². The van der Waals surface area contributed by atoms with Gasteiger partial charge in [0, 0.05) is 19.1 Å². The topological polar surface area (TPSA) is 92.6 Å². The molecule has 0 spiro atoms. The smallest absolute Gasteiger partial charge is 0.231 e. The number of aliphatic hydroxyl groups is 1. The van der Waals surface area contributed by atoms with Crippen LogP contribution in [0.2, 0.25) is 0 Å². The molecule has 0 radical (unpaired) electrons. The molecule has 0 bridgehead atoms. The largest absolute Gasteiger partial charge is 0.390 e. The van der Waals surface area contributed by atoms with Crippen molar-refractivity contribution in [3.63, 3.8) is 0 Å². The van der Waals surface area contributed by atoms with E-state index >= 15 is 0 Å². The summed E-state index contributed by atoms with van der Waals surface area (Å²) in [6.07, 6.45) is -0.519. The summed E-state index contributed by atoms with van der Waals surface area (Å²) in [7, 11) is 0. The van der Waals surface area contributed by atoms with Gasteiger partial charge in [0.15, 0.2) is 0 Å². The monoisotopic (exact) mass is 159 g/mol. The predicted molar refractivity (Wildman–Crippen MR) is 39.6 cm³/mol. The van der Waals surface area contributed by atoms with Crippen molar-refractivity contribution < 1.29 is 9.90 Å². The summed E-state index contributed by atoms with van der Waals surface area (Å²) >= 11 is 0. The van der Waals surface area contributed by atoms with E-state index in [0.29, 0.717) is 13.1 Å². The number of carbonyl (C=O) groups excluding carboxylic acids is 1. The Morgan fingerprint density at radius 2 is 2.27 bits per heavy atom. The van der Waals surface area contributed by atoms with E-state index in [1.165, 1.54) is 0 Å². The summed E-state index contributed by atoms with van der Waals surface area (Å²) in [4.78, 5) is 12.2. The van der Waals surface area contributed by atoms with Crippen molar-refractivity contribution in [3.05, 3.63) is 0 Å². The molecule has 1 fully saturated rings. The highest BCUT2D eigenvalue weighted by Gasteiger charge is 2.28. The lowest BCUT2D eigenvalue weighted by atomic mass is 10.2. The summed E-state index contributed by atoms with van der Waals surface area (Å²) in [6.45, 7) is 1.18. The van der Waals surface area contributed by atoms with Crippen LogP contribution >= 0.6 is 0 Å². The molecule has 0 saturated carbocycles. The van der Waals surface area contributed by atoms with E-state index in [9.17, 15) is 4.79 Å². The van der Waals surface area contributed by atoms with Gasteiger partial charge in [0.05, 0.1) is 12.6 Å². The number of rotatable bonds is 2. The second-order valence-corrected chi connectivity index (χ2v) is 2.89. The molecule has 0 aromatic heterocycles. The lowest BCUT2D eigenvalue weighted by molar-refractivity contribution is -0.118. The number of β-amino-alcohol motifs (C(OH)–C–C–N with tert-alkyl or cyclic N) is 1. The van der Waals surface area contributed by atoms with Crippen molar-refractivity contribution >= 4 is 5.91 Å². The highest BCUT2D eigenvalue weighted by Crippen LogP contribution is 2.06. The molecule has 5 heteroatoms. The molecule has 1 aliphatic rings. The molecule has 0 aromatic rings. The SMILES string of the molecule is NC(=O)CN1C[C@H](N)[C@@H](O)C1. The van der Waals surface area contributed by atoms with Gasteiger partial charge in [-0.05, 0) is 0 Å². The van der Waals surface area contributed by atoms with Crippen LogP contribution in [0.5, 0.6) is 0 Å². The normalized spacial score (nSPS) is 32.5. The van der Waals surface area contributed by atoms with Crippen LogP contribution in [0, 0.1) is 0 Å². The lowest BCUT2D eigenvalue weighted by Gasteiger charge is -2.10. The number of hydrogen-bond acceptors (Lipinski definition) is 4. The first-order valence-electron chi connectivity index (χ1n) is 3.54. The van der Waals surface area contributed by atoms with Gasteiger partial charge in [-0.3, -0.25) is 9.69 Å². The van der Waals surface area contributed by atoms with Crippen molar-refractivity contribution in [1.82, 2.24) is 4.90 Å². The standard InChI is InChI=1S/C6H13N3O2/c7-4-1-9(2-5(4)10)3-6(8)11/h4-5,10H,1-3,7H2,(H2,8,11)/t4-,5-/m0/s1. The molecule has 1 rings (SSSR count). The molecule has 5 nitrogen and oxygen atoms in total. The molecule has 5 N–H and O–H groups in total. The van der Waals surface area contributed by atoms with Crippen molar-refractivity contribution in [2.75, 3.05) is 19.6 Å². The minimum atomic E-state index is -0.519. The molecule has 1 saturated heterocycles. The molecule has 1 aliphatic heterocycles. The van der Waals surface area contributed by atoms with Crippen molar-refractivity contribution in [3.8, 4) is 0 Å². The number of carbonyl (C=O) groups is 1. The Morgan fingerprint density at radius 1 is 1.64 bits per heavy atom. The van der Waals surface area contributed by atoms with Gasteiger partial charge in [-0.15, -0.1) is 0 Å². The van der Waals surface area contributed by atoms with Crippen molar-refractivity contribution in [2.24, 2.45) is 11.5 Å². The van der Waals surface area contributed by atoms with Crippen LogP contribution in [-0.4, -0.2) is 47.7 Å². The maximum Gasteiger partial charge on any atom is 0.231 e. The van der Waals surface area contributed by atoms with Crippen LogP contribution in [0.15, 0.2) is 0 Å². The van der Waals surface area contributed by atoms with Crippen LogP contribution < -0.4 is 11.5 Å². The Morgan fingerprint density at radius 3 is 2.64 bits per heavy atom. The Balaban J connectivity index is 2.35. The summed E-state index contributed by atoms with van der Waals surface area (Å²) in [5.74, 6) is -0.383. The van der Waals surface area contributed by atoms with Crippen LogP contribution in [0.25, 0.3) is 0 Å². The number of likely N-dealkylation sites (tertiary alicyclic amines) is 1. The molecular weight excluding hydrogens is 146 g/mol. The zero-order valence-corrected chi connectivity index (χ0v) is 6.23. The van der Waals surface area contributed by atoms with Crippen LogP contribution in [0.4, 0.5) is 0 Å². The molecule has 2 atom stereocenters. The van der Waals surface area contributed by atoms with E-state index in [0.717, 1.165) is 0 Å². The lowest BCUT2D eigenvalue weighted by Crippen LogP contribution is -2.34. The second-order valence-electron chi connectivity index (χ2n) is 2.89. The molecular formula is C6H13N3O2. The Hall–Kier alpha value is -0.650. The Labute approximate surface area is 65.0 Å². The number of hydrogen-bond donors (Lipinski definition) is 3. The summed E-state index contributed by atoms with van der Waals surface area (Å²) in [5, 5.41) is 9.16. The first-order chi connectivity index (χ1) is 5.09. The van der Waals surface area contributed by atoms with Crippen LogP contribution in [0.3, 0.4) is 0 Å². The predicted octanol–water partition coefficient (Wildman–Crippen LogP) is -2.52. The molecule has 0 unspecified atom stereocenters. The number of aliphatic hydroxyl groups excluding tert-OH is 1. The van der Waals surface area contributed by atoms with Gasteiger partial charge in [0.1, 0.15) is 0 Å². The average molecular weight is 159 g/mol. The number of nitrogens with two attached hydrogens (primary N) is 2. The van der Waals surface area contributed by atoms with Crippen LogP contribution in [0.1, 0.15) is 0 Å². The van der Waals surface area contributed by atoms with Crippen molar-refractivity contribution in [1.29, 1.82) is 0 Å². The summed E-state index contributed by atoms with van der Waals surface area (Å²) in [5.41, 5.74) is 10.5. The third kappa shape index (κ3) is 2.14. The molecule has 0 aromatic carbocycles. The number of nitrogens with zero attached hydrogens (tertiary/aromatic N) is 1. The maximum absolute atomic E-state index is 10.4. The fourth-order valence-corrected chi connectivity index (χ4v) is 1.24. The van der Waals surface area contributed by atoms with E-state index in [1.54, 1.807) is 4.90 Å². The average Bonchev–Trinajstić information content (AvgIpc) is 2.10. The third-order valence-corrected chi connectivity index (χ3v) is 1.79. The van der Waals surface area contributed by atoms with Gasteiger partial charge in [-0.2, -0.15) is 0 Å². The van der Waals surface area contributed by atoms with E-state index in [1.807, 2.05) is 0 Å². The Bertz CT molecular complexity index is 152. The van der Waals surface area contributed by atoms with Crippen molar-refractivity contribution in [2.45, 2.75) is 12.1 Å². The quantitative estimate of drug-likeness (QED) is 0.414. The zero-order valence-electron chi connectivity index (χ0n) is 6.23. The van der Waals surface area contributed by atoms with Gasteiger partial charge in [0.2, 0.25) is 5.91 Å².